The number of fused-ring (bicyclic) bond motifs is 1. The zero-order valence-corrected chi connectivity index (χ0v) is 22.6. The summed E-state index contributed by atoms with van der Waals surface area (Å²) in [6.45, 7) is 9.03. The third-order valence-electron chi connectivity index (χ3n) is 6.38. The van der Waals surface area contributed by atoms with Crippen LogP contribution in [-0.2, 0) is 26.1 Å². The molecule has 0 N–H and O–H groups in total. The molecule has 2 aromatic carbocycles. The van der Waals surface area contributed by atoms with Gasteiger partial charge in [-0.05, 0) is 81.0 Å². The summed E-state index contributed by atoms with van der Waals surface area (Å²) in [6.07, 6.45) is 1.68. The maximum absolute atomic E-state index is 13.1. The normalized spacial score (nSPS) is 15.9. The predicted octanol–water partition coefficient (Wildman–Crippen LogP) is 4.04. The highest BCUT2D eigenvalue weighted by Gasteiger charge is 2.28. The Hall–Kier alpha value is -2.82. The van der Waals surface area contributed by atoms with Crippen LogP contribution in [0, 0.1) is 19.8 Å². The van der Waals surface area contributed by atoms with Crippen LogP contribution in [0.5, 0.6) is 0 Å². The Balaban J connectivity index is 1.67. The Morgan fingerprint density at radius 3 is 2.42 bits per heavy atom. The third kappa shape index (κ3) is 5.45. The van der Waals surface area contributed by atoms with Crippen molar-refractivity contribution in [3.05, 3.63) is 57.9 Å². The van der Waals surface area contributed by atoms with Gasteiger partial charge >= 0.3 is 5.97 Å². The van der Waals surface area contributed by atoms with Crippen molar-refractivity contribution in [1.29, 1.82) is 0 Å². The van der Waals surface area contributed by atoms with Crippen LogP contribution >= 0.6 is 11.3 Å². The number of nitrogens with zero attached hydrogens (tertiary/aromatic N) is 3. The molecule has 0 atom stereocenters. The van der Waals surface area contributed by atoms with Crippen LogP contribution in [-0.4, -0.2) is 48.9 Å². The molecule has 10 heteroatoms. The number of carbonyl (C=O) groups is 2. The van der Waals surface area contributed by atoms with Gasteiger partial charge in [-0.15, -0.1) is 0 Å². The van der Waals surface area contributed by atoms with Gasteiger partial charge in [-0.25, -0.2) is 8.42 Å². The first kappa shape index (κ1) is 26.2. The molecular formula is C26H31N3O5S2. The molecule has 1 aliphatic rings. The summed E-state index contributed by atoms with van der Waals surface area (Å²) < 4.78 is 35.3. The molecule has 1 amide bonds. The number of rotatable bonds is 6. The molecule has 0 bridgehead atoms. The fraction of sp³-hybridized carbons (Fsp3) is 0.423. The Kier molecular flexibility index (Phi) is 7.77. The number of ether oxygens (including phenoxy) is 1. The van der Waals surface area contributed by atoms with Crippen molar-refractivity contribution in [2.24, 2.45) is 10.9 Å². The lowest BCUT2D eigenvalue weighted by Gasteiger charge is -2.29. The monoisotopic (exact) mass is 529 g/mol. The van der Waals surface area contributed by atoms with E-state index in [0.717, 1.165) is 34.2 Å². The maximum atomic E-state index is 13.1. The molecule has 192 valence electrons. The minimum Gasteiger partial charge on any atom is -0.465 e. The molecule has 0 saturated carbocycles. The number of benzene rings is 2. The lowest BCUT2D eigenvalue weighted by atomic mass is 10.0. The number of aromatic nitrogens is 1. The third-order valence-corrected chi connectivity index (χ3v) is 9.32. The minimum absolute atomic E-state index is 0.0600. The molecule has 1 aromatic heterocycles. The summed E-state index contributed by atoms with van der Waals surface area (Å²) in [5, 5.41) is 0. The fourth-order valence-corrected chi connectivity index (χ4v) is 7.13. The molecule has 0 unspecified atom stereocenters. The van der Waals surface area contributed by atoms with Crippen molar-refractivity contribution >= 4 is 43.5 Å². The molecule has 0 radical (unpaired) electrons. The number of hydrogen-bond acceptors (Lipinski definition) is 6. The van der Waals surface area contributed by atoms with Crippen LogP contribution in [0.4, 0.5) is 0 Å². The maximum Gasteiger partial charge on any atom is 0.326 e. The minimum atomic E-state index is -3.60. The summed E-state index contributed by atoms with van der Waals surface area (Å²) in [5.41, 5.74) is 3.15. The van der Waals surface area contributed by atoms with Crippen molar-refractivity contribution < 1.29 is 22.7 Å². The van der Waals surface area contributed by atoms with E-state index < -0.39 is 21.9 Å². The van der Waals surface area contributed by atoms with E-state index in [1.807, 2.05) is 26.0 Å². The summed E-state index contributed by atoms with van der Waals surface area (Å²) in [7, 11) is -3.60. The lowest BCUT2D eigenvalue weighted by Crippen LogP contribution is -2.37. The van der Waals surface area contributed by atoms with Gasteiger partial charge in [0.25, 0.3) is 5.91 Å². The molecule has 8 nitrogen and oxygen atoms in total. The van der Waals surface area contributed by atoms with Gasteiger partial charge in [-0.3, -0.25) is 9.59 Å². The number of sulfonamides is 1. The highest BCUT2D eigenvalue weighted by molar-refractivity contribution is 7.89. The second kappa shape index (κ2) is 10.7. The van der Waals surface area contributed by atoms with E-state index in [-0.39, 0.29) is 23.6 Å². The molecule has 0 spiro atoms. The largest absolute Gasteiger partial charge is 0.465 e. The highest BCUT2D eigenvalue weighted by atomic mass is 32.2. The van der Waals surface area contributed by atoms with E-state index in [2.05, 4.69) is 11.9 Å². The SMILES string of the molecule is CCOC(=O)Cn1c(=NC(=O)c2ccc(S(=O)(=O)N3CCC(C)CC3)cc2)sc2cc(C)cc(C)c21. The van der Waals surface area contributed by atoms with Crippen molar-refractivity contribution in [3.8, 4) is 0 Å². The second-order valence-corrected chi connectivity index (χ2v) is 12.2. The van der Waals surface area contributed by atoms with Gasteiger partial charge in [0.15, 0.2) is 4.80 Å². The summed E-state index contributed by atoms with van der Waals surface area (Å²) in [4.78, 5) is 30.2. The van der Waals surface area contributed by atoms with Crippen molar-refractivity contribution in [1.82, 2.24) is 8.87 Å². The first-order valence-electron chi connectivity index (χ1n) is 12.1. The predicted molar refractivity (Wildman–Crippen MR) is 139 cm³/mol. The van der Waals surface area contributed by atoms with Crippen LogP contribution in [0.1, 0.15) is 48.2 Å². The van der Waals surface area contributed by atoms with Gasteiger partial charge in [-0.1, -0.05) is 24.3 Å². The van der Waals surface area contributed by atoms with Crippen molar-refractivity contribution in [2.45, 2.75) is 52.0 Å². The first-order chi connectivity index (χ1) is 17.1. The van der Waals surface area contributed by atoms with E-state index in [9.17, 15) is 18.0 Å². The molecule has 4 rings (SSSR count). The number of amides is 1. The van der Waals surface area contributed by atoms with E-state index in [1.165, 1.54) is 39.9 Å². The van der Waals surface area contributed by atoms with Gasteiger partial charge in [0, 0.05) is 18.7 Å². The Bertz CT molecular complexity index is 1460. The van der Waals surface area contributed by atoms with E-state index in [4.69, 9.17) is 4.74 Å². The zero-order valence-electron chi connectivity index (χ0n) is 21.0. The molecule has 1 fully saturated rings. The number of hydrogen-bond donors (Lipinski definition) is 0. The van der Waals surface area contributed by atoms with Gasteiger partial charge in [0.1, 0.15) is 6.54 Å². The summed E-state index contributed by atoms with van der Waals surface area (Å²) in [5.74, 6) is -0.400. The standard InChI is InChI=1S/C26H31N3O5S2/c1-5-34-23(30)16-29-24-19(4)14-18(3)15-22(24)35-26(29)27-25(31)20-6-8-21(9-7-20)36(32,33)28-12-10-17(2)11-13-28/h6-9,14-15,17H,5,10-13,16H2,1-4H3. The van der Waals surface area contributed by atoms with Gasteiger partial charge in [0.05, 0.1) is 21.7 Å². The molecule has 0 aliphatic carbocycles. The number of thiazole rings is 1. The van der Waals surface area contributed by atoms with E-state index in [0.29, 0.717) is 23.8 Å². The van der Waals surface area contributed by atoms with Crippen molar-refractivity contribution in [3.63, 3.8) is 0 Å². The second-order valence-electron chi connectivity index (χ2n) is 9.23. The fourth-order valence-electron chi connectivity index (χ4n) is 4.45. The van der Waals surface area contributed by atoms with Gasteiger partial charge < -0.3 is 9.30 Å². The Morgan fingerprint density at radius 1 is 1.11 bits per heavy atom. The summed E-state index contributed by atoms with van der Waals surface area (Å²) in [6, 6.07) is 9.92. The first-order valence-corrected chi connectivity index (χ1v) is 14.3. The van der Waals surface area contributed by atoms with E-state index >= 15 is 0 Å². The van der Waals surface area contributed by atoms with Crippen molar-refractivity contribution in [2.75, 3.05) is 19.7 Å². The van der Waals surface area contributed by atoms with E-state index in [1.54, 1.807) is 11.5 Å². The molecular weight excluding hydrogens is 498 g/mol. The van der Waals surface area contributed by atoms with Crippen LogP contribution in [0.25, 0.3) is 10.2 Å². The molecule has 1 aliphatic heterocycles. The molecule has 3 aromatic rings. The highest BCUT2D eigenvalue weighted by Crippen LogP contribution is 2.25. The average Bonchev–Trinajstić information content (AvgIpc) is 3.16. The lowest BCUT2D eigenvalue weighted by molar-refractivity contribution is -0.143. The average molecular weight is 530 g/mol. The number of piperidine rings is 1. The number of carbonyl (C=O) groups excluding carboxylic acids is 2. The van der Waals surface area contributed by atoms with Crippen LogP contribution in [0.15, 0.2) is 46.3 Å². The van der Waals surface area contributed by atoms with Crippen LogP contribution < -0.4 is 4.80 Å². The smallest absolute Gasteiger partial charge is 0.326 e. The number of aryl methyl sites for hydroxylation is 2. The topological polar surface area (TPSA) is 98.0 Å². The van der Waals surface area contributed by atoms with Crippen LogP contribution in [0.2, 0.25) is 0 Å². The van der Waals surface area contributed by atoms with Crippen LogP contribution in [0.3, 0.4) is 0 Å². The van der Waals surface area contributed by atoms with Gasteiger partial charge in [-0.2, -0.15) is 9.30 Å². The molecule has 36 heavy (non-hydrogen) atoms. The molecule has 1 saturated heterocycles. The molecule has 2 heterocycles. The van der Waals surface area contributed by atoms with Gasteiger partial charge in [0.2, 0.25) is 10.0 Å². The Labute approximate surface area is 215 Å². The number of esters is 1. The quantitative estimate of drug-likeness (QED) is 0.449. The summed E-state index contributed by atoms with van der Waals surface area (Å²) >= 11 is 1.33. The zero-order chi connectivity index (χ0) is 26.0. The Morgan fingerprint density at radius 2 is 1.78 bits per heavy atom.